The molecule has 0 spiro atoms. The standard InChI is InChI=1S/C16H18.C11H13F3.C11H15N3.4C11H16.C10H12Cl2.C10H12F2.C10H13NO2/c1-13(2)12-14-8-10-16(11-9-14)15-6-4-3-5-7-15;1-8(2)7-9-5-3-4-6-10(9)11(12,13)14;1-8(2)6-10-4-5-11(13-14-12)9(3)7-10;4*1-9(2)8-11-6-4-10(3)5-7-11;2*1-7(2)6-8-9(11)4-3-5-10(8)12;1-8(2)7-9-5-3-4-6-10(9)11(12)13/h3-11,13H,12H2,1-2H3;3-6,8H,7H2,1-2H3;4-5,7-8H,6H2,1-3H3;4*4-7,9H,8H2,1-3H3;2*3-5,7H,6H2,1-2H3;3-6,8H,7H2,1-2H3. The zero-order valence-electron chi connectivity index (χ0n) is 79.8. The van der Waals surface area contributed by atoms with Crippen molar-refractivity contribution in [1.82, 2.24) is 0 Å². The molecule has 0 fully saturated rings. The van der Waals surface area contributed by atoms with Crippen molar-refractivity contribution in [1.29, 1.82) is 0 Å². The highest BCUT2D eigenvalue weighted by Crippen LogP contribution is 2.34. The second kappa shape index (κ2) is 60.9. The molecule has 0 heterocycles. The van der Waals surface area contributed by atoms with Gasteiger partial charge in [-0.1, -0.05) is 407 Å². The summed E-state index contributed by atoms with van der Waals surface area (Å²) >= 11 is 12.0. The summed E-state index contributed by atoms with van der Waals surface area (Å²) in [5.41, 5.74) is 28.8. The van der Waals surface area contributed by atoms with Gasteiger partial charge in [0.05, 0.1) is 10.5 Å². The quantitative estimate of drug-likeness (QED) is 0.0159. The summed E-state index contributed by atoms with van der Waals surface area (Å²) < 4.78 is 63.4. The van der Waals surface area contributed by atoms with Crippen LogP contribution >= 0.6 is 23.2 Å². The molecule has 0 saturated heterocycles. The molecular weight excluding hydrogens is 1600 g/mol. The molecule has 676 valence electrons. The van der Waals surface area contributed by atoms with E-state index in [1.807, 2.05) is 77.1 Å². The lowest BCUT2D eigenvalue weighted by Crippen LogP contribution is -2.10. The van der Waals surface area contributed by atoms with Gasteiger partial charge in [-0.3, -0.25) is 10.1 Å². The van der Waals surface area contributed by atoms with Gasteiger partial charge in [0, 0.05) is 37.8 Å². The lowest BCUT2D eigenvalue weighted by atomic mass is 9.98. The summed E-state index contributed by atoms with van der Waals surface area (Å²) in [6.07, 6.45) is 5.41. The minimum absolute atomic E-state index is 0.201. The molecule has 13 heteroatoms. The molecule has 0 aliphatic carbocycles. The molecule has 0 bridgehead atoms. The van der Waals surface area contributed by atoms with Crippen LogP contribution in [-0.2, 0) is 70.4 Å². The van der Waals surface area contributed by atoms with Gasteiger partial charge in [0.2, 0.25) is 0 Å². The number of hydrogen-bond donors (Lipinski definition) is 0. The van der Waals surface area contributed by atoms with Crippen molar-refractivity contribution in [2.45, 2.75) is 243 Å². The van der Waals surface area contributed by atoms with Crippen LogP contribution in [0.3, 0.4) is 0 Å². The Hall–Kier alpha value is -9.64. The number of azide groups is 1. The predicted molar refractivity (Wildman–Crippen MR) is 529 cm³/mol. The van der Waals surface area contributed by atoms with Gasteiger partial charge in [0.15, 0.2) is 0 Å². The molecule has 0 amide bonds. The van der Waals surface area contributed by atoms with Crippen molar-refractivity contribution in [3.63, 3.8) is 0 Å². The lowest BCUT2D eigenvalue weighted by molar-refractivity contribution is -0.385. The van der Waals surface area contributed by atoms with Crippen molar-refractivity contribution in [2.75, 3.05) is 0 Å². The van der Waals surface area contributed by atoms with Crippen LogP contribution in [-0.4, -0.2) is 4.92 Å². The molecule has 0 aliphatic rings. The highest BCUT2D eigenvalue weighted by Gasteiger charge is 2.33. The number of rotatable bonds is 23. The molecule has 11 rings (SSSR count). The Labute approximate surface area is 761 Å². The molecule has 0 aromatic heterocycles. The first-order valence-corrected chi connectivity index (χ1v) is 45.4. The molecule has 11 aromatic rings. The van der Waals surface area contributed by atoms with Crippen LogP contribution in [0.5, 0.6) is 0 Å². The van der Waals surface area contributed by atoms with Gasteiger partial charge < -0.3 is 0 Å². The molecule has 0 aliphatic heterocycles. The average Bonchev–Trinajstić information content (AvgIpc) is 0.728. The number of halogens is 7. The number of alkyl halides is 3. The van der Waals surface area contributed by atoms with Gasteiger partial charge in [-0.2, -0.15) is 13.2 Å². The topological polar surface area (TPSA) is 91.9 Å². The zero-order chi connectivity index (χ0) is 93.9. The van der Waals surface area contributed by atoms with Crippen molar-refractivity contribution in [2.24, 2.45) is 64.3 Å². The maximum atomic E-state index is 13.0. The summed E-state index contributed by atoms with van der Waals surface area (Å²) in [5, 5.41) is 15.8. The molecule has 0 N–H and O–H groups in total. The highest BCUT2D eigenvalue weighted by molar-refractivity contribution is 6.36. The number of nitro benzene ring substituents is 1. The number of para-hydroxylation sites is 1. The van der Waals surface area contributed by atoms with Crippen molar-refractivity contribution < 1.29 is 26.9 Å². The van der Waals surface area contributed by atoms with E-state index in [2.05, 4.69) is 306 Å². The van der Waals surface area contributed by atoms with Gasteiger partial charge in [-0.25, -0.2) is 8.78 Å². The number of nitro groups is 1. The number of aryl methyl sites for hydroxylation is 5. The Kier molecular flexibility index (Phi) is 54.3. The third kappa shape index (κ3) is 50.9. The van der Waals surface area contributed by atoms with Gasteiger partial charge in [-0.15, -0.1) is 0 Å². The molecule has 11 aromatic carbocycles. The molecule has 0 atom stereocenters. The summed E-state index contributed by atoms with van der Waals surface area (Å²) in [4.78, 5) is 13.1. The van der Waals surface area contributed by atoms with Crippen LogP contribution in [0.25, 0.3) is 21.6 Å². The Balaban J connectivity index is 0.000000472. The third-order valence-electron chi connectivity index (χ3n) is 18.9. The SMILES string of the molecule is CC(C)Cc1c(Cl)cccc1Cl.CC(C)Cc1c(F)cccc1F.CC(C)Cc1ccc(-c2ccccc2)cc1.CC(C)Cc1ccccc1C(F)(F)F.CC(C)Cc1ccccc1[N+](=O)[O-].Cc1cc(CC(C)C)ccc1N=[N+]=[N-].Cc1ccc(CC(C)C)cc1.Cc1ccc(CC(C)C)cc1.Cc1ccc(CC(C)C)cc1.Cc1ccc(CC(C)C)cc1. The summed E-state index contributed by atoms with van der Waals surface area (Å²) in [7, 11) is 0. The average molecular weight is 1750 g/mol. The Morgan fingerprint density at radius 3 is 0.960 bits per heavy atom. The molecule has 0 radical (unpaired) electrons. The van der Waals surface area contributed by atoms with E-state index in [1.165, 1.54) is 117 Å². The van der Waals surface area contributed by atoms with E-state index in [1.54, 1.807) is 24.3 Å². The van der Waals surface area contributed by atoms with Crippen LogP contribution in [0, 0.1) is 116 Å². The fourth-order valence-corrected chi connectivity index (χ4v) is 13.7. The van der Waals surface area contributed by atoms with E-state index in [0.717, 1.165) is 93.8 Å². The minimum atomic E-state index is -4.23. The second-order valence-electron chi connectivity index (χ2n) is 36.7. The predicted octanol–water partition coefficient (Wildman–Crippen LogP) is 35.5. The normalized spacial score (nSPS) is 10.7. The van der Waals surface area contributed by atoms with Gasteiger partial charge in [0.1, 0.15) is 11.6 Å². The van der Waals surface area contributed by atoms with Gasteiger partial charge in [-0.05, 0) is 255 Å². The van der Waals surface area contributed by atoms with E-state index in [4.69, 9.17) is 28.7 Å². The summed E-state index contributed by atoms with van der Waals surface area (Å²) in [6, 6.07) is 82.8. The van der Waals surface area contributed by atoms with E-state index in [0.29, 0.717) is 36.2 Å². The van der Waals surface area contributed by atoms with Crippen molar-refractivity contribution in [3.05, 3.63) is 386 Å². The Morgan fingerprint density at radius 2 is 0.624 bits per heavy atom. The zero-order valence-corrected chi connectivity index (χ0v) is 81.4. The highest BCUT2D eigenvalue weighted by atomic mass is 35.5. The molecule has 125 heavy (non-hydrogen) atoms. The molecule has 0 saturated carbocycles. The van der Waals surface area contributed by atoms with Gasteiger partial charge in [0.25, 0.3) is 5.69 Å². The molecule has 6 nitrogen and oxygen atoms in total. The maximum Gasteiger partial charge on any atom is 0.416 e. The number of benzene rings is 11. The van der Waals surface area contributed by atoms with Crippen LogP contribution in [0.4, 0.5) is 33.3 Å². The smallest absolute Gasteiger partial charge is 0.258 e. The first kappa shape index (κ1) is 111. The van der Waals surface area contributed by atoms with Gasteiger partial charge >= 0.3 is 6.18 Å². The van der Waals surface area contributed by atoms with E-state index >= 15 is 0 Å². The lowest BCUT2D eigenvalue weighted by Gasteiger charge is -2.13. The van der Waals surface area contributed by atoms with E-state index < -0.39 is 23.4 Å². The van der Waals surface area contributed by atoms with Crippen LogP contribution in [0.15, 0.2) is 260 Å². The number of nitrogens with zero attached hydrogens (tertiary/aromatic N) is 4. The number of hydrogen-bond acceptors (Lipinski definition) is 3. The fourth-order valence-electron chi connectivity index (χ4n) is 13.2. The Bertz CT molecular complexity index is 4490. The molecular formula is C112H147Cl2F5N4O2. The maximum absolute atomic E-state index is 13.0. The molecule has 0 unspecified atom stereocenters. The van der Waals surface area contributed by atoms with E-state index in [9.17, 15) is 32.1 Å². The second-order valence-corrected chi connectivity index (χ2v) is 37.6. The Morgan fingerprint density at radius 1 is 0.336 bits per heavy atom. The minimum Gasteiger partial charge on any atom is -0.258 e. The monoisotopic (exact) mass is 1750 g/mol. The van der Waals surface area contributed by atoms with E-state index in [-0.39, 0.29) is 28.0 Å². The summed E-state index contributed by atoms with van der Waals surface area (Å²) in [5.74, 6) is 5.08. The first-order valence-electron chi connectivity index (χ1n) is 44.6. The summed E-state index contributed by atoms with van der Waals surface area (Å²) in [6.45, 7) is 53.5. The third-order valence-corrected chi connectivity index (χ3v) is 19.6. The van der Waals surface area contributed by atoms with Crippen LogP contribution in [0.2, 0.25) is 10.0 Å². The fraction of sp³-hybridized carbons (Fsp3) is 0.411. The van der Waals surface area contributed by atoms with Crippen LogP contribution in [0.1, 0.15) is 227 Å². The largest absolute Gasteiger partial charge is 0.416 e. The van der Waals surface area contributed by atoms with Crippen molar-refractivity contribution >= 4 is 34.6 Å². The first-order chi connectivity index (χ1) is 58.8. The van der Waals surface area contributed by atoms with Crippen LogP contribution < -0.4 is 0 Å². The van der Waals surface area contributed by atoms with Crippen molar-refractivity contribution in [3.8, 4) is 11.1 Å².